The molecule has 5 aliphatic heterocycles. The summed E-state index contributed by atoms with van der Waals surface area (Å²) in [5, 5.41) is 25.8. The van der Waals surface area contributed by atoms with Gasteiger partial charge in [0.25, 0.3) is 0 Å². The number of Topliss-reactive ketones (excluding diaryl/α,β-unsaturated/α-hetero) is 1. The van der Waals surface area contributed by atoms with E-state index in [-0.39, 0.29) is 60.2 Å². The van der Waals surface area contributed by atoms with Gasteiger partial charge in [-0.3, -0.25) is 29.3 Å². The number of aliphatic imine (C=N–C) groups is 2. The van der Waals surface area contributed by atoms with Crippen LogP contribution in [0.4, 0.5) is 0 Å². The normalized spacial score (nSPS) is 37.1. The number of aliphatic hydroxyl groups is 2. The molecule has 0 radical (unpaired) electrons. The second-order valence-electron chi connectivity index (χ2n) is 17.0. The van der Waals surface area contributed by atoms with Gasteiger partial charge >= 0.3 is 5.97 Å². The number of carbonyl (C=O) groups excluding carboxylic acids is 3. The van der Waals surface area contributed by atoms with E-state index in [0.29, 0.717) is 56.2 Å². The van der Waals surface area contributed by atoms with Gasteiger partial charge in [0.05, 0.1) is 56.5 Å². The Hall–Kier alpha value is -3.59. The first kappa shape index (κ1) is 39.6. The van der Waals surface area contributed by atoms with Crippen molar-refractivity contribution in [2.75, 3.05) is 46.5 Å². The summed E-state index contributed by atoms with van der Waals surface area (Å²) in [4.78, 5) is 55.5. The second kappa shape index (κ2) is 15.7. The highest BCUT2D eigenvalue weighted by atomic mass is 16.5. The molecule has 2 saturated carbocycles. The molecular formula is C42H58N6O7. The van der Waals surface area contributed by atoms with Crippen molar-refractivity contribution >= 4 is 29.7 Å². The third-order valence-corrected chi connectivity index (χ3v) is 13.9. The van der Waals surface area contributed by atoms with E-state index in [1.165, 1.54) is 0 Å². The molecule has 13 heteroatoms. The van der Waals surface area contributed by atoms with Crippen LogP contribution in [-0.2, 0) is 23.9 Å². The molecule has 13 nitrogen and oxygen atoms in total. The van der Waals surface area contributed by atoms with Gasteiger partial charge in [-0.1, -0.05) is 39.0 Å². The van der Waals surface area contributed by atoms with Crippen molar-refractivity contribution in [1.29, 1.82) is 0 Å². The number of likely N-dealkylation sites (N-methyl/N-ethyl adjacent to an activating group) is 1. The van der Waals surface area contributed by atoms with Crippen LogP contribution in [0.25, 0.3) is 0 Å². The van der Waals surface area contributed by atoms with Crippen LogP contribution in [0.5, 0.6) is 0 Å². The van der Waals surface area contributed by atoms with Crippen LogP contribution in [0.3, 0.4) is 0 Å². The topological polar surface area (TPSA) is 157 Å². The summed E-state index contributed by atoms with van der Waals surface area (Å²) in [6.07, 6.45) is 13.4. The monoisotopic (exact) mass is 758 g/mol. The fourth-order valence-corrected chi connectivity index (χ4v) is 10.6. The summed E-state index contributed by atoms with van der Waals surface area (Å²) >= 11 is 0. The van der Waals surface area contributed by atoms with Crippen molar-refractivity contribution in [3.63, 3.8) is 0 Å². The summed E-state index contributed by atoms with van der Waals surface area (Å²) in [6.45, 7) is 15.9. The molecule has 7 aliphatic rings. The van der Waals surface area contributed by atoms with Crippen LogP contribution >= 0.6 is 0 Å². The Morgan fingerprint density at radius 1 is 1.24 bits per heavy atom. The van der Waals surface area contributed by atoms with Crippen LogP contribution in [0.2, 0.25) is 0 Å². The third-order valence-electron chi connectivity index (χ3n) is 13.9. The zero-order valence-corrected chi connectivity index (χ0v) is 32.9. The van der Waals surface area contributed by atoms with E-state index < -0.39 is 29.6 Å². The first-order chi connectivity index (χ1) is 26.3. The lowest BCUT2D eigenvalue weighted by Gasteiger charge is -2.62. The van der Waals surface area contributed by atoms with Gasteiger partial charge in [-0.05, 0) is 87.1 Å². The van der Waals surface area contributed by atoms with E-state index in [0.717, 1.165) is 37.1 Å². The van der Waals surface area contributed by atoms with Gasteiger partial charge in [-0.2, -0.15) is 0 Å². The number of amidine groups is 1. The minimum atomic E-state index is -0.727. The molecule has 298 valence electrons. The molecule has 4 fully saturated rings. The number of hydrogen-bond acceptors (Lipinski definition) is 12. The fourth-order valence-electron chi connectivity index (χ4n) is 10.6. The molecular weight excluding hydrogens is 700 g/mol. The summed E-state index contributed by atoms with van der Waals surface area (Å²) in [5.41, 5.74) is 1.12. The number of hydrogen-bond donors (Lipinski definition) is 3. The van der Waals surface area contributed by atoms with Gasteiger partial charge in [-0.15, -0.1) is 0 Å². The van der Waals surface area contributed by atoms with Crippen molar-refractivity contribution in [2.24, 2.45) is 32.7 Å². The van der Waals surface area contributed by atoms with Gasteiger partial charge in [-0.25, -0.2) is 9.79 Å². The first-order valence-electron chi connectivity index (χ1n) is 20.0. The molecule has 1 amide bonds. The molecule has 3 N–H and O–H groups in total. The number of fused-ring (bicyclic) bond motifs is 2. The minimum absolute atomic E-state index is 0.00504. The van der Waals surface area contributed by atoms with Gasteiger partial charge in [0.1, 0.15) is 17.8 Å². The van der Waals surface area contributed by atoms with E-state index in [1.807, 2.05) is 46.2 Å². The number of allylic oxidation sites excluding steroid dienone is 4. The maximum Gasteiger partial charge on any atom is 0.341 e. The number of ketones is 1. The summed E-state index contributed by atoms with van der Waals surface area (Å²) in [5.74, 6) is 0.133. The highest BCUT2D eigenvalue weighted by Crippen LogP contribution is 2.62. The van der Waals surface area contributed by atoms with E-state index in [2.05, 4.69) is 32.0 Å². The Morgan fingerprint density at radius 2 is 2.00 bits per heavy atom. The van der Waals surface area contributed by atoms with E-state index in [1.54, 1.807) is 23.3 Å². The van der Waals surface area contributed by atoms with Crippen LogP contribution in [-0.4, -0.2) is 138 Å². The maximum atomic E-state index is 13.9. The first-order valence-corrected chi connectivity index (χ1v) is 20.0. The van der Waals surface area contributed by atoms with Gasteiger partial charge in [0, 0.05) is 43.0 Å². The van der Waals surface area contributed by atoms with Crippen molar-refractivity contribution < 1.29 is 34.1 Å². The van der Waals surface area contributed by atoms with E-state index >= 15 is 0 Å². The van der Waals surface area contributed by atoms with E-state index in [4.69, 9.17) is 16.1 Å². The number of cyclic esters (lactones) is 1. The fraction of sp³-hybridized carbons (Fsp3) is 0.643. The van der Waals surface area contributed by atoms with Crippen LogP contribution in [0.15, 0.2) is 69.5 Å². The number of esters is 1. The molecule has 5 heterocycles. The predicted octanol–water partition coefficient (Wildman–Crippen LogP) is 2.92. The van der Waals surface area contributed by atoms with Crippen LogP contribution in [0, 0.1) is 22.7 Å². The lowest BCUT2D eigenvalue weighted by atomic mass is 9.45. The number of nitrogens with zero attached hydrogens (tertiary/aromatic N) is 5. The minimum Gasteiger partial charge on any atom is -0.423 e. The summed E-state index contributed by atoms with van der Waals surface area (Å²) in [7, 11) is 1.95. The molecule has 0 aromatic rings. The van der Waals surface area contributed by atoms with Crippen LogP contribution < -0.4 is 5.32 Å². The number of amides is 1. The largest absolute Gasteiger partial charge is 0.423 e. The van der Waals surface area contributed by atoms with Crippen molar-refractivity contribution in [2.45, 2.75) is 103 Å². The molecule has 0 aromatic carbocycles. The quantitative estimate of drug-likeness (QED) is 0.200. The number of nitrogens with one attached hydrogen (secondary N) is 1. The second-order valence-corrected chi connectivity index (χ2v) is 17.0. The van der Waals surface area contributed by atoms with Crippen molar-refractivity contribution in [1.82, 2.24) is 20.0 Å². The number of morpholine rings is 1. The Bertz CT molecular complexity index is 1760. The number of carbonyl (C=O) groups is 3. The Balaban J connectivity index is 1.23. The molecule has 10 atom stereocenters. The van der Waals surface area contributed by atoms with Gasteiger partial charge in [0.15, 0.2) is 5.78 Å². The zero-order valence-electron chi connectivity index (χ0n) is 32.9. The average molecular weight is 759 g/mol. The predicted molar refractivity (Wildman–Crippen MR) is 209 cm³/mol. The molecule has 0 aromatic heterocycles. The lowest BCUT2D eigenvalue weighted by Crippen LogP contribution is -2.62. The molecule has 7 unspecified atom stereocenters. The molecule has 2 aliphatic carbocycles. The summed E-state index contributed by atoms with van der Waals surface area (Å²) < 4.78 is 11.6. The highest BCUT2D eigenvalue weighted by Gasteiger charge is 2.60. The Kier molecular flexibility index (Phi) is 11.3. The molecule has 2 saturated heterocycles. The zero-order chi connectivity index (χ0) is 39.2. The number of rotatable bonds is 12. The Morgan fingerprint density at radius 3 is 2.69 bits per heavy atom. The maximum absolute atomic E-state index is 13.9. The standard InChI is InChI=1S/C42H58N6O7/c1-7-32-39(52)48-23-27(8-9-38(48)46(32)6)18-28-19-29(40(53)55-28)31(45-26(3)34(50)22-37-43-12-13-44-37)20-30-25(2)33(47-14-16-54-17-15-47)21-35-41(30,4)11-10-36(51)42(35,5)24-49/h8-9,12,18-19,23,26,30-33,35-36,38,45,49,51H,2,7,10-11,13-17,20-22,24H2,1,3-6H3/b28-18+/t26?,30?,31?,32?,33?,35?,36-,38?,41-,42+/m1/s1. The Labute approximate surface area is 324 Å². The van der Waals surface area contributed by atoms with E-state index in [9.17, 15) is 24.6 Å². The third kappa shape index (κ3) is 7.28. The average Bonchev–Trinajstić information content (AvgIpc) is 3.88. The summed E-state index contributed by atoms with van der Waals surface area (Å²) in [6, 6.07) is -1.43. The lowest BCUT2D eigenvalue weighted by molar-refractivity contribution is -0.163. The van der Waals surface area contributed by atoms with Crippen molar-refractivity contribution in [3.8, 4) is 0 Å². The van der Waals surface area contributed by atoms with Gasteiger partial charge in [0.2, 0.25) is 5.91 Å². The van der Waals surface area contributed by atoms with Crippen molar-refractivity contribution in [3.05, 3.63) is 59.6 Å². The smallest absolute Gasteiger partial charge is 0.341 e. The molecule has 0 spiro atoms. The SMILES string of the molecule is C=C1C(N2CCOCC2)CC2[C@](C)(CC[C@@H](O)[C@@]2(C)CO)C1CC(NC(C)C(=O)CC1=NCC=N1)C1=C/C(=C\C2=CN3C(=O)C(CC)N(C)C3C=C2)OC1=O. The number of aliphatic hydroxyl groups excluding tert-OH is 2. The van der Waals surface area contributed by atoms with Crippen LogP contribution in [0.1, 0.15) is 66.2 Å². The molecule has 0 bridgehead atoms. The molecule has 55 heavy (non-hydrogen) atoms. The highest BCUT2D eigenvalue weighted by molar-refractivity contribution is 6.07. The number of ether oxygens (including phenoxy) is 2. The molecule has 7 rings (SSSR count). The van der Waals surface area contributed by atoms with Gasteiger partial charge < -0.3 is 25.0 Å².